The second-order valence-electron chi connectivity index (χ2n) is 5.74. The minimum absolute atomic E-state index is 0.0770. The number of ether oxygens (including phenoxy) is 1. The van der Waals surface area contributed by atoms with Gasteiger partial charge in [-0.2, -0.15) is 0 Å². The number of hydrogen-bond donors (Lipinski definition) is 2. The second kappa shape index (κ2) is 6.70. The number of rotatable bonds is 6. The Kier molecular flexibility index (Phi) is 5.54. The summed E-state index contributed by atoms with van der Waals surface area (Å²) in [6.45, 7) is 11.9. The number of aromatic nitrogens is 2. The van der Waals surface area contributed by atoms with Crippen LogP contribution in [0.1, 0.15) is 40.4 Å². The van der Waals surface area contributed by atoms with Gasteiger partial charge in [0.2, 0.25) is 0 Å². The molecular weight excluding hydrogens is 240 g/mol. The first kappa shape index (κ1) is 15.7. The van der Waals surface area contributed by atoms with Crippen molar-refractivity contribution in [3.8, 4) is 0 Å². The SMILES string of the molecule is CCNc1cc(NC(C)COC)nc(C(C)(C)C)n1. The Morgan fingerprint density at radius 2 is 1.89 bits per heavy atom. The van der Waals surface area contributed by atoms with Crippen LogP contribution in [0.4, 0.5) is 11.6 Å². The summed E-state index contributed by atoms with van der Waals surface area (Å²) in [5, 5.41) is 6.58. The highest BCUT2D eigenvalue weighted by Crippen LogP contribution is 2.22. The molecule has 0 bridgehead atoms. The molecule has 2 N–H and O–H groups in total. The largest absolute Gasteiger partial charge is 0.383 e. The maximum absolute atomic E-state index is 5.13. The summed E-state index contributed by atoms with van der Waals surface area (Å²) >= 11 is 0. The number of methoxy groups -OCH3 is 1. The van der Waals surface area contributed by atoms with E-state index >= 15 is 0 Å². The lowest BCUT2D eigenvalue weighted by Crippen LogP contribution is -2.24. The second-order valence-corrected chi connectivity index (χ2v) is 5.74. The predicted octanol–water partition coefficient (Wildman–Crippen LogP) is 2.65. The van der Waals surface area contributed by atoms with Crippen molar-refractivity contribution in [1.29, 1.82) is 0 Å². The molecule has 1 atom stereocenters. The van der Waals surface area contributed by atoms with Crippen LogP contribution in [-0.4, -0.2) is 36.3 Å². The van der Waals surface area contributed by atoms with Gasteiger partial charge in [0.05, 0.1) is 6.61 Å². The van der Waals surface area contributed by atoms with Crippen LogP contribution >= 0.6 is 0 Å². The monoisotopic (exact) mass is 266 g/mol. The highest BCUT2D eigenvalue weighted by Gasteiger charge is 2.19. The smallest absolute Gasteiger partial charge is 0.138 e. The molecule has 1 aromatic rings. The molecule has 108 valence electrons. The van der Waals surface area contributed by atoms with Crippen LogP contribution < -0.4 is 10.6 Å². The average Bonchev–Trinajstić information content (AvgIpc) is 2.28. The standard InChI is InChI=1S/C14H26N4O/c1-7-15-11-8-12(16-10(2)9-19-6)18-13(17-11)14(3,4)5/h8,10H,7,9H2,1-6H3,(H2,15,16,17,18). The summed E-state index contributed by atoms with van der Waals surface area (Å²) in [5.41, 5.74) is -0.0770. The average molecular weight is 266 g/mol. The van der Waals surface area contributed by atoms with E-state index in [0.717, 1.165) is 24.0 Å². The third-order valence-corrected chi connectivity index (χ3v) is 2.57. The van der Waals surface area contributed by atoms with Gasteiger partial charge in [-0.3, -0.25) is 0 Å². The molecule has 0 aliphatic rings. The normalized spacial score (nSPS) is 13.2. The fourth-order valence-electron chi connectivity index (χ4n) is 1.67. The zero-order valence-corrected chi connectivity index (χ0v) is 12.9. The van der Waals surface area contributed by atoms with Crippen molar-refractivity contribution < 1.29 is 4.74 Å². The van der Waals surface area contributed by atoms with E-state index in [9.17, 15) is 0 Å². The molecule has 1 aromatic heterocycles. The number of nitrogens with zero attached hydrogens (tertiary/aromatic N) is 2. The van der Waals surface area contributed by atoms with Crippen LogP contribution in [0.5, 0.6) is 0 Å². The molecule has 0 fully saturated rings. The Hall–Kier alpha value is -1.36. The molecule has 1 unspecified atom stereocenters. The van der Waals surface area contributed by atoms with Crippen molar-refractivity contribution in [1.82, 2.24) is 9.97 Å². The van der Waals surface area contributed by atoms with Crippen LogP contribution in [0.2, 0.25) is 0 Å². The van der Waals surface area contributed by atoms with Crippen molar-refractivity contribution in [2.45, 2.75) is 46.1 Å². The molecule has 0 aliphatic heterocycles. The lowest BCUT2D eigenvalue weighted by Gasteiger charge is -2.20. The maximum Gasteiger partial charge on any atom is 0.138 e. The number of nitrogens with one attached hydrogen (secondary N) is 2. The molecule has 0 aliphatic carbocycles. The van der Waals surface area contributed by atoms with E-state index in [1.165, 1.54) is 0 Å². The van der Waals surface area contributed by atoms with Gasteiger partial charge in [-0.25, -0.2) is 9.97 Å². The Labute approximate surface area is 116 Å². The Bertz CT molecular complexity index is 401. The Balaban J connectivity index is 2.99. The van der Waals surface area contributed by atoms with Crippen molar-refractivity contribution in [3.05, 3.63) is 11.9 Å². The van der Waals surface area contributed by atoms with Crippen LogP contribution in [0, 0.1) is 0 Å². The van der Waals surface area contributed by atoms with Crippen LogP contribution in [-0.2, 0) is 10.2 Å². The quantitative estimate of drug-likeness (QED) is 0.829. The van der Waals surface area contributed by atoms with E-state index in [4.69, 9.17) is 4.74 Å². The summed E-state index contributed by atoms with van der Waals surface area (Å²) in [4.78, 5) is 9.15. The van der Waals surface area contributed by atoms with Gasteiger partial charge in [0.1, 0.15) is 17.5 Å². The van der Waals surface area contributed by atoms with Crippen molar-refractivity contribution in [2.75, 3.05) is 30.9 Å². The summed E-state index contributed by atoms with van der Waals surface area (Å²) < 4.78 is 5.13. The predicted molar refractivity (Wildman–Crippen MR) is 79.9 cm³/mol. The van der Waals surface area contributed by atoms with Crippen molar-refractivity contribution in [2.24, 2.45) is 0 Å². The lowest BCUT2D eigenvalue weighted by atomic mass is 9.96. The van der Waals surface area contributed by atoms with Crippen LogP contribution in [0.3, 0.4) is 0 Å². The lowest BCUT2D eigenvalue weighted by molar-refractivity contribution is 0.190. The molecule has 0 saturated carbocycles. The van der Waals surface area contributed by atoms with Crippen molar-refractivity contribution >= 4 is 11.6 Å². The molecule has 19 heavy (non-hydrogen) atoms. The van der Waals surface area contributed by atoms with E-state index in [1.807, 2.05) is 6.07 Å². The molecule has 0 amide bonds. The third-order valence-electron chi connectivity index (χ3n) is 2.57. The highest BCUT2D eigenvalue weighted by molar-refractivity contribution is 5.48. The number of hydrogen-bond acceptors (Lipinski definition) is 5. The van der Waals surface area contributed by atoms with Gasteiger partial charge in [0.15, 0.2) is 0 Å². The van der Waals surface area contributed by atoms with E-state index in [-0.39, 0.29) is 11.5 Å². The Morgan fingerprint density at radius 3 is 2.42 bits per heavy atom. The van der Waals surface area contributed by atoms with E-state index in [0.29, 0.717) is 6.61 Å². The first-order chi connectivity index (χ1) is 8.86. The van der Waals surface area contributed by atoms with Gasteiger partial charge in [0, 0.05) is 31.2 Å². The van der Waals surface area contributed by atoms with E-state index in [1.54, 1.807) is 7.11 Å². The van der Waals surface area contributed by atoms with Crippen LogP contribution in [0.25, 0.3) is 0 Å². The van der Waals surface area contributed by atoms with E-state index < -0.39 is 0 Å². The van der Waals surface area contributed by atoms with Crippen molar-refractivity contribution in [3.63, 3.8) is 0 Å². The summed E-state index contributed by atoms with van der Waals surface area (Å²) in [6, 6.07) is 2.15. The first-order valence-electron chi connectivity index (χ1n) is 6.75. The minimum atomic E-state index is -0.0770. The molecular formula is C14H26N4O. The van der Waals surface area contributed by atoms with Gasteiger partial charge in [-0.15, -0.1) is 0 Å². The molecule has 1 rings (SSSR count). The maximum atomic E-state index is 5.13. The molecule has 0 saturated heterocycles. The fourth-order valence-corrected chi connectivity index (χ4v) is 1.67. The van der Waals surface area contributed by atoms with E-state index in [2.05, 4.69) is 55.2 Å². The zero-order valence-electron chi connectivity index (χ0n) is 12.9. The van der Waals surface area contributed by atoms with Gasteiger partial charge in [-0.1, -0.05) is 20.8 Å². The highest BCUT2D eigenvalue weighted by atomic mass is 16.5. The molecule has 1 heterocycles. The van der Waals surface area contributed by atoms with Gasteiger partial charge < -0.3 is 15.4 Å². The molecule has 0 radical (unpaired) electrons. The Morgan fingerprint density at radius 1 is 1.26 bits per heavy atom. The van der Waals surface area contributed by atoms with Crippen LogP contribution in [0.15, 0.2) is 6.07 Å². The minimum Gasteiger partial charge on any atom is -0.383 e. The topological polar surface area (TPSA) is 59.1 Å². The third kappa shape index (κ3) is 5.03. The fraction of sp³-hybridized carbons (Fsp3) is 0.714. The molecule has 5 nitrogen and oxygen atoms in total. The molecule has 5 heteroatoms. The number of anilines is 2. The first-order valence-corrected chi connectivity index (χ1v) is 6.75. The summed E-state index contributed by atoms with van der Waals surface area (Å²) in [6.07, 6.45) is 0. The summed E-state index contributed by atoms with van der Waals surface area (Å²) in [5.74, 6) is 2.52. The summed E-state index contributed by atoms with van der Waals surface area (Å²) in [7, 11) is 1.70. The van der Waals surface area contributed by atoms with Gasteiger partial charge >= 0.3 is 0 Å². The molecule has 0 aromatic carbocycles. The molecule has 0 spiro atoms. The van der Waals surface area contributed by atoms with Gasteiger partial charge in [0.25, 0.3) is 0 Å². The van der Waals surface area contributed by atoms with Gasteiger partial charge in [-0.05, 0) is 13.8 Å². The zero-order chi connectivity index (χ0) is 14.5.